The van der Waals surface area contributed by atoms with Gasteiger partial charge in [-0.15, -0.1) is 11.3 Å². The van der Waals surface area contributed by atoms with Crippen molar-refractivity contribution in [3.63, 3.8) is 0 Å². The van der Waals surface area contributed by atoms with Crippen molar-refractivity contribution in [3.05, 3.63) is 92.9 Å². The first-order valence-electron chi connectivity index (χ1n) is 11.7. The number of ether oxygens (including phenoxy) is 1. The average Bonchev–Trinajstić information content (AvgIpc) is 3.43. The van der Waals surface area contributed by atoms with Gasteiger partial charge in [0.15, 0.2) is 0 Å². The second-order valence-corrected chi connectivity index (χ2v) is 10.4. The number of aryl methyl sites for hydroxylation is 1. The Hall–Kier alpha value is -2.96. The van der Waals surface area contributed by atoms with Crippen molar-refractivity contribution in [1.29, 1.82) is 0 Å². The number of aliphatic carboxylic acids is 1. The van der Waals surface area contributed by atoms with E-state index < -0.39 is 11.8 Å². The lowest BCUT2D eigenvalue weighted by atomic mass is 9.74. The number of nitrogens with zero attached hydrogens (tertiary/aromatic N) is 1. The third kappa shape index (κ3) is 4.93. The van der Waals surface area contributed by atoms with Gasteiger partial charge in [0, 0.05) is 34.2 Å². The van der Waals surface area contributed by atoms with E-state index in [1.54, 1.807) is 23.5 Å². The minimum Gasteiger partial charge on any atom is -0.488 e. The van der Waals surface area contributed by atoms with E-state index >= 15 is 0 Å². The van der Waals surface area contributed by atoms with Crippen LogP contribution in [0.4, 0.5) is 4.39 Å². The number of carboxylic acid groups (broad SMARTS) is 1. The van der Waals surface area contributed by atoms with Crippen LogP contribution in [-0.2, 0) is 29.8 Å². The smallest absolute Gasteiger partial charge is 0.303 e. The van der Waals surface area contributed by atoms with Gasteiger partial charge in [0.1, 0.15) is 18.2 Å². The molecule has 0 atom stereocenters. The van der Waals surface area contributed by atoms with Crippen molar-refractivity contribution in [1.82, 2.24) is 4.90 Å². The highest BCUT2D eigenvalue weighted by Gasteiger charge is 2.37. The van der Waals surface area contributed by atoms with E-state index in [0.29, 0.717) is 17.9 Å². The average molecular weight is 478 g/mol. The van der Waals surface area contributed by atoms with E-state index in [4.69, 9.17) is 9.84 Å². The number of carbonyl (C=O) groups is 1. The quantitative estimate of drug-likeness (QED) is 0.430. The van der Waals surface area contributed by atoms with Crippen LogP contribution in [0.1, 0.15) is 45.7 Å². The van der Waals surface area contributed by atoms with Crippen LogP contribution in [0.25, 0.3) is 6.08 Å². The molecular formula is C28H28FNO3S. The number of carboxylic acids is 1. The lowest BCUT2D eigenvalue weighted by Gasteiger charge is -2.39. The van der Waals surface area contributed by atoms with Gasteiger partial charge in [0.25, 0.3) is 0 Å². The molecule has 1 aliphatic carbocycles. The van der Waals surface area contributed by atoms with Crippen molar-refractivity contribution < 1.29 is 19.0 Å². The molecule has 1 aliphatic heterocycles. The van der Waals surface area contributed by atoms with E-state index in [2.05, 4.69) is 53.5 Å². The zero-order valence-electron chi connectivity index (χ0n) is 19.0. The number of piperidine rings is 1. The Morgan fingerprint density at radius 2 is 1.88 bits per heavy atom. The maximum absolute atomic E-state index is 14.2. The van der Waals surface area contributed by atoms with E-state index in [1.807, 2.05) is 0 Å². The van der Waals surface area contributed by atoms with E-state index in [-0.39, 0.29) is 18.3 Å². The van der Waals surface area contributed by atoms with Gasteiger partial charge in [0.2, 0.25) is 0 Å². The number of benzene rings is 2. The maximum atomic E-state index is 14.2. The molecule has 1 spiro atoms. The molecule has 6 heteroatoms. The third-order valence-electron chi connectivity index (χ3n) is 6.94. The Balaban J connectivity index is 1.12. The molecule has 0 radical (unpaired) electrons. The molecule has 3 aromatic rings. The van der Waals surface area contributed by atoms with Gasteiger partial charge >= 0.3 is 5.97 Å². The van der Waals surface area contributed by atoms with Gasteiger partial charge in [-0.1, -0.05) is 42.5 Å². The molecule has 0 unspecified atom stereocenters. The molecule has 34 heavy (non-hydrogen) atoms. The standard InChI is InChI=1S/C28H28FNO3S/c29-26-17-22(7-5-21(26)6-10-27(31)32)33-19-24-9-8-23(34-24)18-30-15-13-28(14-16-30)12-11-20-3-1-2-4-25(20)28/h1-5,7-9,11-12,17H,6,10,13-16,18-19H2,(H,31,32). The summed E-state index contributed by atoms with van der Waals surface area (Å²) in [5.41, 5.74) is 3.46. The lowest BCUT2D eigenvalue weighted by molar-refractivity contribution is -0.136. The first-order chi connectivity index (χ1) is 16.5. The number of allylic oxidation sites excluding steroid dienone is 1. The van der Waals surface area contributed by atoms with Gasteiger partial charge in [-0.05, 0) is 67.2 Å². The molecule has 2 aliphatic rings. The van der Waals surface area contributed by atoms with Gasteiger partial charge in [-0.2, -0.15) is 0 Å². The predicted octanol–water partition coefficient (Wildman–Crippen LogP) is 6.04. The lowest BCUT2D eigenvalue weighted by Crippen LogP contribution is -2.40. The summed E-state index contributed by atoms with van der Waals surface area (Å²) in [6, 6.07) is 17.7. The van der Waals surface area contributed by atoms with E-state index in [1.165, 1.54) is 22.1 Å². The van der Waals surface area contributed by atoms with Crippen molar-refractivity contribution in [2.45, 2.75) is 44.2 Å². The molecule has 0 saturated carbocycles. The summed E-state index contributed by atoms with van der Waals surface area (Å²) in [5.74, 6) is -0.899. The summed E-state index contributed by atoms with van der Waals surface area (Å²) in [5, 5.41) is 8.77. The van der Waals surface area contributed by atoms with Crippen LogP contribution in [0, 0.1) is 5.82 Å². The summed E-state index contributed by atoms with van der Waals surface area (Å²) in [6.45, 7) is 3.49. The molecule has 2 aromatic carbocycles. The third-order valence-corrected chi connectivity index (χ3v) is 7.98. The zero-order chi connectivity index (χ0) is 23.5. The maximum Gasteiger partial charge on any atom is 0.303 e. The minimum absolute atomic E-state index is 0.0862. The Labute approximate surface area is 203 Å². The summed E-state index contributed by atoms with van der Waals surface area (Å²) >= 11 is 1.74. The summed E-state index contributed by atoms with van der Waals surface area (Å²) in [6.07, 6.45) is 7.09. The van der Waals surface area contributed by atoms with Crippen LogP contribution in [0.2, 0.25) is 0 Å². The van der Waals surface area contributed by atoms with Crippen LogP contribution >= 0.6 is 11.3 Å². The number of rotatable bonds is 8. The fraction of sp³-hybridized carbons (Fsp3) is 0.321. The van der Waals surface area contributed by atoms with Crippen LogP contribution in [0.5, 0.6) is 5.75 Å². The SMILES string of the molecule is O=C(O)CCc1ccc(OCc2ccc(CN3CCC4(C=Cc5ccccc54)CC3)s2)cc1F. The predicted molar refractivity (Wildman–Crippen MR) is 133 cm³/mol. The molecule has 5 rings (SSSR count). The van der Waals surface area contributed by atoms with Crippen LogP contribution in [0.3, 0.4) is 0 Å². The molecule has 1 aromatic heterocycles. The Bertz CT molecular complexity index is 1210. The highest BCUT2D eigenvalue weighted by atomic mass is 32.1. The molecule has 1 saturated heterocycles. The number of hydrogen-bond donors (Lipinski definition) is 1. The van der Waals surface area contributed by atoms with Crippen molar-refractivity contribution in [3.8, 4) is 5.75 Å². The largest absolute Gasteiger partial charge is 0.488 e. The molecule has 176 valence electrons. The Kier molecular flexibility index (Phi) is 6.53. The first kappa shape index (κ1) is 22.8. The zero-order valence-corrected chi connectivity index (χ0v) is 19.8. The Morgan fingerprint density at radius 1 is 1.09 bits per heavy atom. The molecule has 1 N–H and O–H groups in total. The summed E-state index contributed by atoms with van der Waals surface area (Å²) in [4.78, 5) is 15.6. The van der Waals surface area contributed by atoms with Crippen molar-refractivity contribution in [2.24, 2.45) is 0 Å². The molecule has 2 heterocycles. The number of hydrogen-bond acceptors (Lipinski definition) is 4. The van der Waals surface area contributed by atoms with Crippen LogP contribution in [-0.4, -0.2) is 29.1 Å². The van der Waals surface area contributed by atoms with Crippen LogP contribution < -0.4 is 4.74 Å². The molecule has 0 amide bonds. The molecule has 0 bridgehead atoms. The van der Waals surface area contributed by atoms with Crippen LogP contribution in [0.15, 0.2) is 60.7 Å². The fourth-order valence-electron chi connectivity index (χ4n) is 5.00. The summed E-state index contributed by atoms with van der Waals surface area (Å²) in [7, 11) is 0. The minimum atomic E-state index is -0.932. The molecule has 4 nitrogen and oxygen atoms in total. The molecular weight excluding hydrogens is 449 g/mol. The van der Waals surface area contributed by atoms with E-state index in [9.17, 15) is 9.18 Å². The second-order valence-electron chi connectivity index (χ2n) is 9.16. The highest BCUT2D eigenvalue weighted by Crippen LogP contribution is 2.43. The van der Waals surface area contributed by atoms with Crippen molar-refractivity contribution >= 4 is 23.4 Å². The monoisotopic (exact) mass is 477 g/mol. The normalized spacial score (nSPS) is 16.6. The van der Waals surface area contributed by atoms with Gasteiger partial charge in [0.05, 0.1) is 0 Å². The number of likely N-dealkylation sites (tertiary alicyclic amines) is 1. The fourth-order valence-corrected chi connectivity index (χ4v) is 5.98. The Morgan fingerprint density at radius 3 is 2.68 bits per heavy atom. The number of thiophene rings is 1. The van der Waals surface area contributed by atoms with Gasteiger partial charge in [-0.25, -0.2) is 4.39 Å². The molecule has 1 fully saturated rings. The topological polar surface area (TPSA) is 49.8 Å². The number of fused-ring (bicyclic) bond motifs is 2. The second kappa shape index (κ2) is 9.72. The van der Waals surface area contributed by atoms with Crippen molar-refractivity contribution in [2.75, 3.05) is 13.1 Å². The highest BCUT2D eigenvalue weighted by molar-refractivity contribution is 7.11. The first-order valence-corrected chi connectivity index (χ1v) is 12.5. The van der Waals surface area contributed by atoms with Gasteiger partial charge < -0.3 is 9.84 Å². The number of halogens is 1. The van der Waals surface area contributed by atoms with Gasteiger partial charge in [-0.3, -0.25) is 9.69 Å². The van der Waals surface area contributed by atoms with E-state index in [0.717, 1.165) is 37.4 Å². The summed E-state index contributed by atoms with van der Waals surface area (Å²) < 4.78 is 20.0.